The third-order valence-electron chi connectivity index (χ3n) is 6.65. The van der Waals surface area contributed by atoms with E-state index in [9.17, 15) is 9.59 Å². The summed E-state index contributed by atoms with van der Waals surface area (Å²) in [5.74, 6) is -1.23. The Labute approximate surface area is 183 Å². The lowest BCUT2D eigenvalue weighted by atomic mass is 9.81. The maximum Gasteiger partial charge on any atom is 0.323 e. The number of esters is 2. The summed E-state index contributed by atoms with van der Waals surface area (Å²) >= 11 is 0. The first-order valence-corrected chi connectivity index (χ1v) is 11.4. The lowest BCUT2D eigenvalue weighted by Gasteiger charge is -2.32. The third kappa shape index (κ3) is 3.93. The van der Waals surface area contributed by atoms with E-state index in [1.165, 1.54) is 5.57 Å². The minimum absolute atomic E-state index is 0.138. The van der Waals surface area contributed by atoms with Crippen LogP contribution in [0.15, 0.2) is 47.0 Å². The van der Waals surface area contributed by atoms with Gasteiger partial charge >= 0.3 is 11.9 Å². The van der Waals surface area contributed by atoms with Gasteiger partial charge in [-0.3, -0.25) is 14.6 Å². The molecule has 31 heavy (non-hydrogen) atoms. The molecule has 1 aliphatic heterocycles. The number of nitrogens with zero attached hydrogens (tertiary/aromatic N) is 1. The van der Waals surface area contributed by atoms with Gasteiger partial charge in [0.1, 0.15) is 6.10 Å². The van der Waals surface area contributed by atoms with E-state index < -0.39 is 23.1 Å². The molecule has 2 aliphatic carbocycles. The fourth-order valence-corrected chi connectivity index (χ4v) is 5.20. The maximum absolute atomic E-state index is 13.2. The van der Waals surface area contributed by atoms with E-state index in [0.717, 1.165) is 31.2 Å². The van der Waals surface area contributed by atoms with Crippen molar-refractivity contribution in [1.29, 1.82) is 0 Å². The maximum atomic E-state index is 13.2. The average Bonchev–Trinajstić information content (AvgIpc) is 3.38. The molecule has 4 rings (SSSR count). The molecule has 1 aromatic rings. The summed E-state index contributed by atoms with van der Waals surface area (Å²) in [6.07, 6.45) is 8.37. The number of ether oxygens (including phenoxy) is 3. The average molecular weight is 426 g/mol. The highest BCUT2D eigenvalue weighted by atomic mass is 16.6. The minimum atomic E-state index is -1.40. The second kappa shape index (κ2) is 8.95. The molecular weight excluding hydrogens is 394 g/mol. The largest absolute Gasteiger partial charge is 0.465 e. The van der Waals surface area contributed by atoms with E-state index in [1.807, 2.05) is 36.5 Å². The molecule has 3 atom stereocenters. The summed E-state index contributed by atoms with van der Waals surface area (Å²) in [5, 5.41) is 0. The van der Waals surface area contributed by atoms with Gasteiger partial charge in [0.05, 0.1) is 13.2 Å². The number of carbonyl (C=O) groups is 2. The highest BCUT2D eigenvalue weighted by Gasteiger charge is 2.66. The smallest absolute Gasteiger partial charge is 0.323 e. The predicted molar refractivity (Wildman–Crippen MR) is 116 cm³/mol. The van der Waals surface area contributed by atoms with Crippen molar-refractivity contribution in [2.75, 3.05) is 13.2 Å². The normalized spacial score (nSPS) is 29.0. The van der Waals surface area contributed by atoms with E-state index in [4.69, 9.17) is 19.2 Å². The van der Waals surface area contributed by atoms with Gasteiger partial charge in [0, 0.05) is 18.6 Å². The van der Waals surface area contributed by atoms with Crippen molar-refractivity contribution in [2.45, 2.75) is 64.2 Å². The van der Waals surface area contributed by atoms with E-state index in [-0.39, 0.29) is 31.7 Å². The Morgan fingerprint density at radius 2 is 1.81 bits per heavy atom. The van der Waals surface area contributed by atoms with Gasteiger partial charge in [-0.15, -0.1) is 0 Å². The van der Waals surface area contributed by atoms with Gasteiger partial charge < -0.3 is 14.2 Å². The second-order valence-corrected chi connectivity index (χ2v) is 8.55. The molecule has 0 saturated heterocycles. The molecule has 3 aliphatic rings. The summed E-state index contributed by atoms with van der Waals surface area (Å²) in [6.45, 7) is 3.91. The molecule has 1 aromatic carbocycles. The Morgan fingerprint density at radius 3 is 2.42 bits per heavy atom. The van der Waals surface area contributed by atoms with Gasteiger partial charge in [0.15, 0.2) is 11.1 Å². The topological polar surface area (TPSA) is 74.2 Å². The zero-order valence-corrected chi connectivity index (χ0v) is 18.3. The quantitative estimate of drug-likeness (QED) is 0.380. The summed E-state index contributed by atoms with van der Waals surface area (Å²) < 4.78 is 17.4. The molecule has 6 nitrogen and oxygen atoms in total. The molecule has 166 valence electrons. The summed E-state index contributed by atoms with van der Waals surface area (Å²) in [7, 11) is 0. The van der Waals surface area contributed by atoms with Crippen molar-refractivity contribution < 1.29 is 23.8 Å². The summed E-state index contributed by atoms with van der Waals surface area (Å²) in [5.41, 5.74) is -0.141. The predicted octanol–water partition coefficient (Wildman–Crippen LogP) is 4.55. The van der Waals surface area contributed by atoms with Crippen molar-refractivity contribution in [1.82, 2.24) is 0 Å². The van der Waals surface area contributed by atoms with Crippen LogP contribution in [0.3, 0.4) is 0 Å². The standard InChI is InChI=1S/C25H31NO5/c1-3-29-22(27)24(23(28)30-4-2)15-20(18-11-7-5-8-12-18)25(17-24)26-16-21(31-25)19-13-9-6-10-14-19/h6,9-11,13-14,16,20-21H,3-5,7-8,12,15,17H2,1-2H3/t20-,21+,25-/m1/s1. The third-order valence-corrected chi connectivity index (χ3v) is 6.65. The van der Waals surface area contributed by atoms with Crippen LogP contribution in [0.4, 0.5) is 0 Å². The Hall–Kier alpha value is -2.47. The van der Waals surface area contributed by atoms with Crippen LogP contribution in [0.1, 0.15) is 64.0 Å². The lowest BCUT2D eigenvalue weighted by molar-refractivity contribution is -0.173. The molecule has 1 heterocycles. The number of aliphatic imine (C=N–C) groups is 1. The highest BCUT2D eigenvalue weighted by molar-refractivity contribution is 6.01. The Balaban J connectivity index is 1.73. The molecule has 1 spiro atoms. The monoisotopic (exact) mass is 425 g/mol. The first-order chi connectivity index (χ1) is 15.0. The molecule has 0 amide bonds. The Bertz CT molecular complexity index is 859. The van der Waals surface area contributed by atoms with Gasteiger partial charge in [0.25, 0.3) is 0 Å². The molecule has 1 fully saturated rings. The highest BCUT2D eigenvalue weighted by Crippen LogP contribution is 2.58. The zero-order valence-electron chi connectivity index (χ0n) is 18.3. The van der Waals surface area contributed by atoms with Crippen LogP contribution in [0.2, 0.25) is 0 Å². The number of hydrogen-bond acceptors (Lipinski definition) is 6. The van der Waals surface area contributed by atoms with E-state index in [2.05, 4.69) is 6.08 Å². The zero-order chi connectivity index (χ0) is 21.9. The van der Waals surface area contributed by atoms with Crippen LogP contribution in [0, 0.1) is 11.3 Å². The van der Waals surface area contributed by atoms with Crippen molar-refractivity contribution in [3.05, 3.63) is 47.5 Å². The summed E-state index contributed by atoms with van der Waals surface area (Å²) in [6, 6.07) is 9.90. The number of hydrogen-bond donors (Lipinski definition) is 0. The molecule has 0 aromatic heterocycles. The van der Waals surface area contributed by atoms with Gasteiger partial charge in [-0.05, 0) is 51.5 Å². The number of benzene rings is 1. The first-order valence-electron chi connectivity index (χ1n) is 11.4. The minimum Gasteiger partial charge on any atom is -0.465 e. The van der Waals surface area contributed by atoms with E-state index in [1.54, 1.807) is 13.8 Å². The second-order valence-electron chi connectivity index (χ2n) is 8.55. The molecule has 0 N–H and O–H groups in total. The van der Waals surface area contributed by atoms with Gasteiger partial charge in [0.2, 0.25) is 0 Å². The van der Waals surface area contributed by atoms with Gasteiger partial charge in [-0.2, -0.15) is 0 Å². The molecule has 0 radical (unpaired) electrons. The fraction of sp³-hybridized carbons (Fsp3) is 0.560. The van der Waals surface area contributed by atoms with Crippen molar-refractivity contribution in [3.63, 3.8) is 0 Å². The Morgan fingerprint density at radius 1 is 1.10 bits per heavy atom. The molecule has 1 saturated carbocycles. The van der Waals surface area contributed by atoms with Crippen LogP contribution in [0.25, 0.3) is 0 Å². The molecule has 0 bridgehead atoms. The van der Waals surface area contributed by atoms with Crippen LogP contribution >= 0.6 is 0 Å². The summed E-state index contributed by atoms with van der Waals surface area (Å²) in [4.78, 5) is 31.2. The molecular formula is C25H31NO5. The number of rotatable bonds is 6. The van der Waals surface area contributed by atoms with Gasteiger partial charge in [-0.1, -0.05) is 42.0 Å². The van der Waals surface area contributed by atoms with Gasteiger partial charge in [-0.25, -0.2) is 0 Å². The lowest BCUT2D eigenvalue weighted by Crippen LogP contribution is -2.42. The molecule has 6 heteroatoms. The fourth-order valence-electron chi connectivity index (χ4n) is 5.20. The van der Waals surface area contributed by atoms with Crippen molar-refractivity contribution >= 4 is 18.2 Å². The first kappa shape index (κ1) is 21.8. The van der Waals surface area contributed by atoms with Crippen LogP contribution in [-0.4, -0.2) is 37.1 Å². The van der Waals surface area contributed by atoms with E-state index >= 15 is 0 Å². The van der Waals surface area contributed by atoms with Crippen LogP contribution in [0.5, 0.6) is 0 Å². The molecule has 0 unspecified atom stereocenters. The number of carbonyl (C=O) groups excluding carboxylic acids is 2. The van der Waals surface area contributed by atoms with E-state index in [0.29, 0.717) is 6.42 Å². The van der Waals surface area contributed by atoms with Crippen LogP contribution < -0.4 is 0 Å². The Kier molecular flexibility index (Phi) is 6.28. The van der Waals surface area contributed by atoms with Crippen molar-refractivity contribution in [2.24, 2.45) is 16.3 Å². The van der Waals surface area contributed by atoms with Crippen molar-refractivity contribution in [3.8, 4) is 0 Å². The SMILES string of the molecule is CCOC(=O)C1(C(=O)OCC)C[C@H](C2=CCCCC2)[C@]2(C1)N=C[C@@H](c1ccccc1)O2. The number of allylic oxidation sites excluding steroid dienone is 1. The van der Waals surface area contributed by atoms with Crippen LogP contribution in [-0.2, 0) is 23.8 Å².